The zero-order chi connectivity index (χ0) is 14.5. The van der Waals surface area contributed by atoms with Gasteiger partial charge in [-0.15, -0.1) is 6.58 Å². The molecule has 0 fully saturated rings. The lowest BCUT2D eigenvalue weighted by molar-refractivity contribution is -0.136. The molecule has 0 spiro atoms. The van der Waals surface area contributed by atoms with Crippen LogP contribution in [0.5, 0.6) is 0 Å². The van der Waals surface area contributed by atoms with Crippen molar-refractivity contribution < 1.29 is 9.53 Å². The number of allylic oxidation sites excluding steroid dienone is 1. The molecule has 0 aliphatic carbocycles. The third-order valence-electron chi connectivity index (χ3n) is 3.09. The van der Waals surface area contributed by atoms with Crippen molar-refractivity contribution in [2.24, 2.45) is 5.73 Å². The Bertz CT molecular complexity index is 489. The standard InChI is InChI=1S/C15H21NO2Si/c1-5-10-19(3,4)13-8-6-12(7-9-13)11-14(16)15(17)18-2/h5-9,11H,1,10,16H2,2-4H3/b14-11-. The lowest BCUT2D eigenvalue weighted by Crippen LogP contribution is -2.40. The minimum absolute atomic E-state index is 0.109. The molecule has 4 heteroatoms. The topological polar surface area (TPSA) is 52.3 Å². The molecule has 0 saturated heterocycles. The van der Waals surface area contributed by atoms with E-state index in [1.54, 1.807) is 6.08 Å². The van der Waals surface area contributed by atoms with Gasteiger partial charge in [0.2, 0.25) is 0 Å². The molecule has 0 atom stereocenters. The quantitative estimate of drug-likeness (QED) is 0.388. The lowest BCUT2D eigenvalue weighted by Gasteiger charge is -2.21. The van der Waals surface area contributed by atoms with Crippen LogP contribution in [0.4, 0.5) is 0 Å². The van der Waals surface area contributed by atoms with Gasteiger partial charge >= 0.3 is 5.97 Å². The van der Waals surface area contributed by atoms with E-state index < -0.39 is 14.0 Å². The molecule has 0 aromatic heterocycles. The third-order valence-corrected chi connectivity index (χ3v) is 6.30. The summed E-state index contributed by atoms with van der Waals surface area (Å²) >= 11 is 0. The fraction of sp³-hybridized carbons (Fsp3) is 0.267. The maximum atomic E-state index is 11.2. The molecule has 0 saturated carbocycles. The first kappa shape index (κ1) is 15.2. The second-order valence-electron chi connectivity index (χ2n) is 5.09. The van der Waals surface area contributed by atoms with Gasteiger partial charge in [-0.3, -0.25) is 0 Å². The van der Waals surface area contributed by atoms with E-state index in [1.165, 1.54) is 12.3 Å². The Morgan fingerprint density at radius 3 is 2.42 bits per heavy atom. The van der Waals surface area contributed by atoms with Crippen LogP contribution < -0.4 is 10.9 Å². The van der Waals surface area contributed by atoms with Gasteiger partial charge in [0, 0.05) is 0 Å². The highest BCUT2D eigenvalue weighted by molar-refractivity contribution is 6.90. The Kier molecular flexibility index (Phi) is 5.12. The molecule has 3 nitrogen and oxygen atoms in total. The second-order valence-corrected chi connectivity index (χ2v) is 9.84. The molecule has 0 radical (unpaired) electrons. The highest BCUT2D eigenvalue weighted by atomic mass is 28.3. The summed E-state index contributed by atoms with van der Waals surface area (Å²) in [5.74, 6) is -0.509. The van der Waals surface area contributed by atoms with E-state index in [2.05, 4.69) is 36.5 Å². The maximum absolute atomic E-state index is 11.2. The third kappa shape index (κ3) is 4.10. The largest absolute Gasteiger partial charge is 0.464 e. The maximum Gasteiger partial charge on any atom is 0.353 e. The number of carbonyl (C=O) groups excluding carboxylic acids is 1. The van der Waals surface area contributed by atoms with Crippen molar-refractivity contribution in [3.05, 3.63) is 48.2 Å². The number of nitrogens with two attached hydrogens (primary N) is 1. The molecule has 2 N–H and O–H groups in total. The first-order valence-electron chi connectivity index (χ1n) is 6.17. The molecule has 0 unspecified atom stereocenters. The highest BCUT2D eigenvalue weighted by Crippen LogP contribution is 2.12. The summed E-state index contributed by atoms with van der Waals surface area (Å²) in [6.07, 6.45) is 3.60. The van der Waals surface area contributed by atoms with Gasteiger partial charge in [-0.25, -0.2) is 4.79 Å². The van der Waals surface area contributed by atoms with Crippen molar-refractivity contribution in [1.29, 1.82) is 0 Å². The van der Waals surface area contributed by atoms with Gasteiger partial charge in [0.25, 0.3) is 0 Å². The smallest absolute Gasteiger partial charge is 0.353 e. The zero-order valence-corrected chi connectivity index (χ0v) is 12.8. The van der Waals surface area contributed by atoms with E-state index in [-0.39, 0.29) is 5.70 Å². The number of hydrogen-bond acceptors (Lipinski definition) is 3. The summed E-state index contributed by atoms with van der Waals surface area (Å²) < 4.78 is 4.56. The monoisotopic (exact) mass is 275 g/mol. The van der Waals surface area contributed by atoms with Crippen LogP contribution in [-0.4, -0.2) is 21.2 Å². The van der Waals surface area contributed by atoms with Gasteiger partial charge in [-0.05, 0) is 17.7 Å². The number of benzene rings is 1. The van der Waals surface area contributed by atoms with Crippen LogP contribution in [-0.2, 0) is 9.53 Å². The number of rotatable bonds is 5. The summed E-state index contributed by atoms with van der Waals surface area (Å²) in [5.41, 5.74) is 6.62. The van der Waals surface area contributed by atoms with Gasteiger partial charge in [-0.2, -0.15) is 0 Å². The SMILES string of the molecule is C=CC[Si](C)(C)c1ccc(/C=C(\N)C(=O)OC)cc1. The van der Waals surface area contributed by atoms with Crippen molar-refractivity contribution in [3.8, 4) is 0 Å². The van der Waals surface area contributed by atoms with Crippen molar-refractivity contribution in [2.45, 2.75) is 19.1 Å². The first-order valence-corrected chi connectivity index (χ1v) is 9.38. The number of esters is 1. The van der Waals surface area contributed by atoms with Crippen molar-refractivity contribution in [1.82, 2.24) is 0 Å². The predicted molar refractivity (Wildman–Crippen MR) is 82.7 cm³/mol. The molecule has 1 rings (SSSR count). The molecule has 0 amide bonds. The Morgan fingerprint density at radius 2 is 1.95 bits per heavy atom. The normalized spacial score (nSPS) is 12.1. The van der Waals surface area contributed by atoms with Gasteiger partial charge < -0.3 is 10.5 Å². The van der Waals surface area contributed by atoms with Gasteiger partial charge in [0.15, 0.2) is 0 Å². The summed E-state index contributed by atoms with van der Waals surface area (Å²) in [5, 5.41) is 1.36. The van der Waals surface area contributed by atoms with Crippen LogP contribution in [0.2, 0.25) is 19.1 Å². The van der Waals surface area contributed by atoms with E-state index in [0.717, 1.165) is 11.6 Å². The molecule has 19 heavy (non-hydrogen) atoms. The Hall–Kier alpha value is -1.81. The Labute approximate surface area is 115 Å². The lowest BCUT2D eigenvalue weighted by atomic mass is 10.2. The fourth-order valence-electron chi connectivity index (χ4n) is 1.87. The van der Waals surface area contributed by atoms with Crippen molar-refractivity contribution >= 4 is 25.3 Å². The minimum Gasteiger partial charge on any atom is -0.464 e. The van der Waals surface area contributed by atoms with Crippen LogP contribution >= 0.6 is 0 Å². The summed E-state index contributed by atoms with van der Waals surface area (Å²) in [6, 6.07) is 9.21. The van der Waals surface area contributed by atoms with Crippen molar-refractivity contribution in [2.75, 3.05) is 7.11 Å². The van der Waals surface area contributed by atoms with E-state index in [0.29, 0.717) is 0 Å². The number of hydrogen-bond donors (Lipinski definition) is 1. The first-order chi connectivity index (χ1) is 8.90. The minimum atomic E-state index is -1.43. The second kappa shape index (κ2) is 6.38. The molecule has 0 bridgehead atoms. The summed E-state index contributed by atoms with van der Waals surface area (Å²) in [4.78, 5) is 11.2. The molecule has 0 aliphatic heterocycles. The van der Waals surface area contributed by atoms with Gasteiger partial charge in [0.1, 0.15) is 5.70 Å². The predicted octanol–water partition coefficient (Wildman–Crippen LogP) is 2.26. The molecular weight excluding hydrogens is 254 g/mol. The number of methoxy groups -OCH3 is 1. The Balaban J connectivity index is 2.94. The number of ether oxygens (including phenoxy) is 1. The molecule has 1 aromatic carbocycles. The fourth-order valence-corrected chi connectivity index (χ4v) is 3.89. The van der Waals surface area contributed by atoms with Crippen LogP contribution in [0.1, 0.15) is 5.56 Å². The highest BCUT2D eigenvalue weighted by Gasteiger charge is 2.21. The van der Waals surface area contributed by atoms with Crippen LogP contribution in [0.15, 0.2) is 42.6 Å². The van der Waals surface area contributed by atoms with Gasteiger partial charge in [0.05, 0.1) is 15.2 Å². The van der Waals surface area contributed by atoms with Crippen LogP contribution in [0.25, 0.3) is 6.08 Å². The zero-order valence-electron chi connectivity index (χ0n) is 11.8. The molecular formula is C15H21NO2Si. The average Bonchev–Trinajstić information content (AvgIpc) is 2.38. The molecule has 0 heterocycles. The average molecular weight is 275 g/mol. The molecule has 1 aromatic rings. The summed E-state index contributed by atoms with van der Waals surface area (Å²) in [7, 11) is -0.118. The van der Waals surface area contributed by atoms with E-state index >= 15 is 0 Å². The van der Waals surface area contributed by atoms with Crippen LogP contribution in [0.3, 0.4) is 0 Å². The van der Waals surface area contributed by atoms with E-state index in [1.807, 2.05) is 18.2 Å². The van der Waals surface area contributed by atoms with Crippen molar-refractivity contribution in [3.63, 3.8) is 0 Å². The van der Waals surface area contributed by atoms with E-state index in [4.69, 9.17) is 5.73 Å². The summed E-state index contributed by atoms with van der Waals surface area (Å²) in [6.45, 7) is 8.43. The van der Waals surface area contributed by atoms with E-state index in [9.17, 15) is 4.79 Å². The molecule has 102 valence electrons. The Morgan fingerprint density at radius 1 is 1.37 bits per heavy atom. The number of carbonyl (C=O) groups is 1. The molecule has 0 aliphatic rings. The van der Waals surface area contributed by atoms with Crippen LogP contribution in [0, 0.1) is 0 Å². The van der Waals surface area contributed by atoms with Gasteiger partial charge in [-0.1, -0.05) is 48.6 Å².